The molecule has 170 valence electrons. The molecule has 4 rings (SSSR count). The van der Waals surface area contributed by atoms with Gasteiger partial charge in [0.15, 0.2) is 0 Å². The number of pyridine rings is 1. The molecule has 0 spiro atoms. The second-order valence-electron chi connectivity index (χ2n) is 8.79. The fourth-order valence-corrected chi connectivity index (χ4v) is 5.75. The molecule has 0 aromatic carbocycles. The smallest absolute Gasteiger partial charge is 0.234 e. The van der Waals surface area contributed by atoms with Crippen LogP contribution >= 0.6 is 0 Å². The number of hydrogen-bond donors (Lipinski definition) is 0. The standard InChI is InChI=1S/C21H32N6O3S/c1-25(2)19-17(7-6-11-22-19)15-26-13-9-16(10-14-26)20-23-24-21(30-20)18-8-4-5-12-27(18)31(3,28)29/h6-7,11,16,18H,4-5,8-10,12-15H2,1-3H3/t18-/m0/s1. The van der Waals surface area contributed by atoms with Crippen LogP contribution in [-0.2, 0) is 16.6 Å². The van der Waals surface area contributed by atoms with Crippen molar-refractivity contribution in [2.75, 3.05) is 44.9 Å². The van der Waals surface area contributed by atoms with Gasteiger partial charge in [-0.3, -0.25) is 4.90 Å². The minimum Gasteiger partial charge on any atom is -0.423 e. The fraction of sp³-hybridized carbons (Fsp3) is 0.667. The van der Waals surface area contributed by atoms with Crippen LogP contribution in [0.5, 0.6) is 0 Å². The van der Waals surface area contributed by atoms with Crippen molar-refractivity contribution in [3.63, 3.8) is 0 Å². The SMILES string of the molecule is CN(C)c1ncccc1CN1CCC(c2nnc([C@@H]3CCCCN3S(C)(=O)=O)o2)CC1. The topological polar surface area (TPSA) is 95.7 Å². The fourth-order valence-electron chi connectivity index (χ4n) is 4.63. The summed E-state index contributed by atoms with van der Waals surface area (Å²) in [6.45, 7) is 3.28. The molecule has 0 amide bonds. The zero-order chi connectivity index (χ0) is 22.0. The maximum absolute atomic E-state index is 12.2. The molecule has 2 fully saturated rings. The molecule has 4 heterocycles. The summed E-state index contributed by atoms with van der Waals surface area (Å²) in [5.41, 5.74) is 1.23. The third-order valence-corrected chi connectivity index (χ3v) is 7.53. The molecule has 0 saturated carbocycles. The number of piperidine rings is 2. The number of nitrogens with zero attached hydrogens (tertiary/aromatic N) is 6. The lowest BCUT2D eigenvalue weighted by Crippen LogP contribution is -2.37. The van der Waals surface area contributed by atoms with Crippen LogP contribution in [0.25, 0.3) is 0 Å². The van der Waals surface area contributed by atoms with Crippen LogP contribution in [0.3, 0.4) is 0 Å². The van der Waals surface area contributed by atoms with Crippen LogP contribution in [0.1, 0.15) is 61.4 Å². The molecule has 31 heavy (non-hydrogen) atoms. The van der Waals surface area contributed by atoms with Gasteiger partial charge < -0.3 is 9.32 Å². The second-order valence-corrected chi connectivity index (χ2v) is 10.7. The molecule has 0 N–H and O–H groups in total. The van der Waals surface area contributed by atoms with Gasteiger partial charge in [-0.25, -0.2) is 13.4 Å². The highest BCUT2D eigenvalue weighted by Gasteiger charge is 2.35. The van der Waals surface area contributed by atoms with Crippen molar-refractivity contribution in [2.45, 2.75) is 50.6 Å². The molecule has 0 bridgehead atoms. The molecule has 2 aliphatic heterocycles. The van der Waals surface area contributed by atoms with Gasteiger partial charge >= 0.3 is 0 Å². The van der Waals surface area contributed by atoms with Gasteiger partial charge in [0, 0.05) is 44.9 Å². The molecule has 1 atom stereocenters. The van der Waals surface area contributed by atoms with Gasteiger partial charge in [-0.2, -0.15) is 4.31 Å². The molecule has 0 radical (unpaired) electrons. The Hall–Kier alpha value is -2.04. The number of sulfonamides is 1. The Morgan fingerprint density at radius 2 is 1.84 bits per heavy atom. The molecule has 2 saturated heterocycles. The summed E-state index contributed by atoms with van der Waals surface area (Å²) in [6, 6.07) is 3.79. The van der Waals surface area contributed by atoms with E-state index in [1.165, 1.54) is 16.1 Å². The average molecular weight is 449 g/mol. The van der Waals surface area contributed by atoms with Crippen molar-refractivity contribution >= 4 is 15.8 Å². The summed E-state index contributed by atoms with van der Waals surface area (Å²) in [4.78, 5) is 8.98. The number of hydrogen-bond acceptors (Lipinski definition) is 8. The van der Waals surface area contributed by atoms with Crippen molar-refractivity contribution in [1.82, 2.24) is 24.4 Å². The third kappa shape index (κ3) is 5.07. The summed E-state index contributed by atoms with van der Waals surface area (Å²) < 4.78 is 31.8. The summed E-state index contributed by atoms with van der Waals surface area (Å²) in [5.74, 6) is 2.31. The molecule has 2 aromatic rings. The van der Waals surface area contributed by atoms with Gasteiger partial charge in [0.1, 0.15) is 11.9 Å². The summed E-state index contributed by atoms with van der Waals surface area (Å²) >= 11 is 0. The van der Waals surface area contributed by atoms with Crippen molar-refractivity contribution in [3.8, 4) is 0 Å². The minimum absolute atomic E-state index is 0.218. The molecular weight excluding hydrogens is 416 g/mol. The van der Waals surface area contributed by atoms with Crippen LogP contribution in [0, 0.1) is 0 Å². The molecule has 10 heteroatoms. The summed E-state index contributed by atoms with van der Waals surface area (Å²) in [5, 5.41) is 8.55. The van der Waals surface area contributed by atoms with E-state index >= 15 is 0 Å². The number of likely N-dealkylation sites (tertiary alicyclic amines) is 1. The molecular formula is C21H32N6O3S. The van der Waals surface area contributed by atoms with Crippen LogP contribution in [0.4, 0.5) is 5.82 Å². The van der Waals surface area contributed by atoms with E-state index in [-0.39, 0.29) is 12.0 Å². The second kappa shape index (κ2) is 9.22. The van der Waals surface area contributed by atoms with E-state index in [1.807, 2.05) is 31.3 Å². The molecule has 2 aliphatic rings. The van der Waals surface area contributed by atoms with Crippen LogP contribution < -0.4 is 4.90 Å². The lowest BCUT2D eigenvalue weighted by Gasteiger charge is -2.32. The predicted octanol–water partition coefficient (Wildman–Crippen LogP) is 2.40. The van der Waals surface area contributed by atoms with Gasteiger partial charge in [0.25, 0.3) is 0 Å². The first-order chi connectivity index (χ1) is 14.8. The quantitative estimate of drug-likeness (QED) is 0.665. The number of anilines is 1. The molecule has 9 nitrogen and oxygen atoms in total. The predicted molar refractivity (Wildman–Crippen MR) is 118 cm³/mol. The van der Waals surface area contributed by atoms with Crippen molar-refractivity contribution in [2.24, 2.45) is 0 Å². The van der Waals surface area contributed by atoms with Crippen molar-refractivity contribution in [1.29, 1.82) is 0 Å². The van der Waals surface area contributed by atoms with Gasteiger partial charge in [-0.15, -0.1) is 10.2 Å². The first-order valence-corrected chi connectivity index (χ1v) is 12.8. The normalized spacial score (nSPS) is 22.0. The van der Waals surface area contributed by atoms with Crippen molar-refractivity contribution < 1.29 is 12.8 Å². The lowest BCUT2D eigenvalue weighted by molar-refractivity contribution is 0.184. The van der Waals surface area contributed by atoms with Gasteiger partial charge in [0.2, 0.25) is 21.8 Å². The Balaban J connectivity index is 1.38. The highest BCUT2D eigenvalue weighted by atomic mass is 32.2. The Morgan fingerprint density at radius 1 is 1.10 bits per heavy atom. The van der Waals surface area contributed by atoms with Gasteiger partial charge in [-0.1, -0.05) is 12.5 Å². The number of aromatic nitrogens is 3. The highest BCUT2D eigenvalue weighted by Crippen LogP contribution is 2.34. The zero-order valence-corrected chi connectivity index (χ0v) is 19.4. The number of rotatable bonds is 6. The van der Waals surface area contributed by atoms with Crippen LogP contribution in [0.2, 0.25) is 0 Å². The highest BCUT2D eigenvalue weighted by molar-refractivity contribution is 7.88. The Labute approximate surface area is 184 Å². The maximum atomic E-state index is 12.2. The molecule has 0 aliphatic carbocycles. The first kappa shape index (κ1) is 22.2. The van der Waals surface area contributed by atoms with Gasteiger partial charge in [-0.05, 0) is 44.8 Å². The van der Waals surface area contributed by atoms with Crippen LogP contribution in [0.15, 0.2) is 22.7 Å². The Kier molecular flexibility index (Phi) is 6.59. The van der Waals surface area contributed by atoms with E-state index in [4.69, 9.17) is 4.42 Å². The minimum atomic E-state index is -3.30. The average Bonchev–Trinajstić information content (AvgIpc) is 3.24. The van der Waals surface area contributed by atoms with E-state index in [0.29, 0.717) is 18.3 Å². The van der Waals surface area contributed by atoms with E-state index in [1.54, 1.807) is 0 Å². The third-order valence-electron chi connectivity index (χ3n) is 6.24. The zero-order valence-electron chi connectivity index (χ0n) is 18.6. The lowest BCUT2D eigenvalue weighted by atomic mass is 9.96. The van der Waals surface area contributed by atoms with E-state index in [9.17, 15) is 8.42 Å². The van der Waals surface area contributed by atoms with Crippen molar-refractivity contribution in [3.05, 3.63) is 35.7 Å². The molecule has 0 unspecified atom stereocenters. The Bertz CT molecular complexity index is 985. The monoisotopic (exact) mass is 448 g/mol. The first-order valence-electron chi connectivity index (χ1n) is 11.0. The van der Waals surface area contributed by atoms with E-state index in [2.05, 4.69) is 26.1 Å². The van der Waals surface area contributed by atoms with E-state index < -0.39 is 10.0 Å². The maximum Gasteiger partial charge on any atom is 0.234 e. The Morgan fingerprint density at radius 3 is 2.55 bits per heavy atom. The molecule has 2 aromatic heterocycles. The van der Waals surface area contributed by atoms with E-state index in [0.717, 1.165) is 57.6 Å². The summed E-state index contributed by atoms with van der Waals surface area (Å²) in [7, 11) is 0.737. The van der Waals surface area contributed by atoms with Gasteiger partial charge in [0.05, 0.1) is 6.26 Å². The largest absolute Gasteiger partial charge is 0.423 e. The summed E-state index contributed by atoms with van der Waals surface area (Å²) in [6.07, 6.45) is 7.54. The van der Waals surface area contributed by atoms with Crippen LogP contribution in [-0.4, -0.2) is 72.8 Å².